The Hall–Kier alpha value is -3.54. The SMILES string of the molecule is CCN1CCN(c2cc(OC)c(Nc3nccc(-c4cc(C#N)c5c(c4)C(C)(C)CN5)n3)cc2Cl)CC1. The third kappa shape index (κ3) is 4.89. The minimum absolute atomic E-state index is 0.0693. The average Bonchev–Trinajstić information content (AvgIpc) is 3.23. The molecular formula is C28H32ClN7O. The zero-order valence-electron chi connectivity index (χ0n) is 21.7. The summed E-state index contributed by atoms with van der Waals surface area (Å²) in [5, 5.41) is 17.1. The maximum Gasteiger partial charge on any atom is 0.227 e. The highest BCUT2D eigenvalue weighted by Gasteiger charge is 2.32. The first-order valence-corrected chi connectivity index (χ1v) is 13.0. The van der Waals surface area contributed by atoms with Gasteiger partial charge < -0.3 is 25.2 Å². The van der Waals surface area contributed by atoms with Crippen LogP contribution in [0.5, 0.6) is 5.75 Å². The monoisotopic (exact) mass is 517 g/mol. The van der Waals surface area contributed by atoms with E-state index in [1.165, 1.54) is 0 Å². The van der Waals surface area contributed by atoms with Gasteiger partial charge in [-0.3, -0.25) is 0 Å². The number of piperazine rings is 1. The Kier molecular flexibility index (Phi) is 6.84. The number of nitrogens with one attached hydrogen (secondary N) is 2. The van der Waals surface area contributed by atoms with Crippen molar-refractivity contribution in [3.8, 4) is 23.1 Å². The fraction of sp³-hybridized carbons (Fsp3) is 0.393. The average molecular weight is 518 g/mol. The molecule has 1 saturated heterocycles. The summed E-state index contributed by atoms with van der Waals surface area (Å²) < 4.78 is 5.71. The van der Waals surface area contributed by atoms with Crippen LogP contribution < -0.4 is 20.3 Å². The Bertz CT molecular complexity index is 1360. The molecule has 2 aromatic carbocycles. The molecule has 1 aromatic heterocycles. The van der Waals surface area contributed by atoms with Crippen molar-refractivity contribution in [3.63, 3.8) is 0 Å². The summed E-state index contributed by atoms with van der Waals surface area (Å²) >= 11 is 6.74. The molecule has 192 valence electrons. The number of nitriles is 1. The van der Waals surface area contributed by atoms with Gasteiger partial charge in [-0.05, 0) is 36.4 Å². The van der Waals surface area contributed by atoms with Crippen LogP contribution in [0.1, 0.15) is 31.9 Å². The van der Waals surface area contributed by atoms with E-state index in [0.29, 0.717) is 28.0 Å². The third-order valence-electron chi connectivity index (χ3n) is 7.32. The number of methoxy groups -OCH3 is 1. The summed E-state index contributed by atoms with van der Waals surface area (Å²) in [4.78, 5) is 13.9. The van der Waals surface area contributed by atoms with E-state index in [2.05, 4.69) is 58.3 Å². The number of halogens is 1. The predicted molar refractivity (Wildman–Crippen MR) is 149 cm³/mol. The van der Waals surface area contributed by atoms with Gasteiger partial charge in [0.15, 0.2) is 0 Å². The summed E-state index contributed by atoms with van der Waals surface area (Å²) in [7, 11) is 1.65. The number of hydrogen-bond acceptors (Lipinski definition) is 8. The van der Waals surface area contributed by atoms with Crippen LogP contribution in [-0.2, 0) is 5.41 Å². The molecule has 37 heavy (non-hydrogen) atoms. The summed E-state index contributed by atoms with van der Waals surface area (Å²) in [6.07, 6.45) is 1.71. The van der Waals surface area contributed by atoms with Crippen molar-refractivity contribution >= 4 is 34.6 Å². The number of likely N-dealkylation sites (N-methyl/N-ethyl adjacent to an activating group) is 1. The van der Waals surface area contributed by atoms with E-state index in [4.69, 9.17) is 21.3 Å². The van der Waals surface area contributed by atoms with Crippen molar-refractivity contribution in [1.29, 1.82) is 5.26 Å². The molecule has 0 atom stereocenters. The number of aromatic nitrogens is 2. The Morgan fingerprint density at radius 2 is 1.97 bits per heavy atom. The zero-order valence-corrected chi connectivity index (χ0v) is 22.5. The Morgan fingerprint density at radius 3 is 2.68 bits per heavy atom. The normalized spacial score (nSPS) is 16.6. The maximum atomic E-state index is 9.75. The van der Waals surface area contributed by atoms with E-state index in [-0.39, 0.29) is 5.41 Å². The number of fused-ring (bicyclic) bond motifs is 1. The summed E-state index contributed by atoms with van der Waals surface area (Å²) in [6.45, 7) is 12.3. The second kappa shape index (κ2) is 10.1. The van der Waals surface area contributed by atoms with Crippen LogP contribution in [0, 0.1) is 11.3 Å². The van der Waals surface area contributed by atoms with E-state index < -0.39 is 0 Å². The fourth-order valence-electron chi connectivity index (χ4n) is 5.06. The predicted octanol–water partition coefficient (Wildman–Crippen LogP) is 5.27. The lowest BCUT2D eigenvalue weighted by atomic mass is 9.85. The topological polar surface area (TPSA) is 89.3 Å². The minimum Gasteiger partial charge on any atom is -0.494 e. The first kappa shape index (κ1) is 25.1. The van der Waals surface area contributed by atoms with Crippen LogP contribution in [0.2, 0.25) is 5.02 Å². The van der Waals surface area contributed by atoms with Crippen molar-refractivity contribution in [3.05, 3.63) is 52.7 Å². The van der Waals surface area contributed by atoms with Crippen LogP contribution in [0.15, 0.2) is 36.5 Å². The van der Waals surface area contributed by atoms with Gasteiger partial charge >= 0.3 is 0 Å². The number of ether oxygens (including phenoxy) is 1. The molecule has 2 aliphatic rings. The number of benzene rings is 2. The Morgan fingerprint density at radius 1 is 1.19 bits per heavy atom. The summed E-state index contributed by atoms with van der Waals surface area (Å²) in [5.41, 5.74) is 5.86. The largest absolute Gasteiger partial charge is 0.494 e. The standard InChI is InChI=1S/C28H32ClN7O/c1-5-35-8-10-36(11-9-35)24-15-25(37-4)23(14-21(24)29)34-27-31-7-6-22(33-27)18-12-19(16-30)26-20(13-18)28(2,3)17-32-26/h6-7,12-15,32H,5,8-11,17H2,1-4H3,(H,31,33,34). The van der Waals surface area contributed by atoms with Crippen LogP contribution in [0.25, 0.3) is 11.3 Å². The van der Waals surface area contributed by atoms with Crippen molar-refractivity contribution in [2.75, 3.05) is 61.9 Å². The molecule has 5 rings (SSSR count). The molecule has 0 spiro atoms. The van der Waals surface area contributed by atoms with E-state index in [1.807, 2.05) is 24.3 Å². The second-order valence-corrected chi connectivity index (χ2v) is 10.5. The van der Waals surface area contributed by atoms with Gasteiger partial charge in [-0.15, -0.1) is 0 Å². The molecule has 8 nitrogen and oxygen atoms in total. The van der Waals surface area contributed by atoms with Gasteiger partial charge in [0.05, 0.1) is 40.5 Å². The molecular weight excluding hydrogens is 486 g/mol. The highest BCUT2D eigenvalue weighted by molar-refractivity contribution is 6.33. The van der Waals surface area contributed by atoms with Crippen LogP contribution in [0.3, 0.4) is 0 Å². The maximum absolute atomic E-state index is 9.75. The van der Waals surface area contributed by atoms with Gasteiger partial charge in [0, 0.05) is 56.0 Å². The van der Waals surface area contributed by atoms with Crippen molar-refractivity contribution in [1.82, 2.24) is 14.9 Å². The minimum atomic E-state index is -0.0693. The fourth-order valence-corrected chi connectivity index (χ4v) is 5.35. The smallest absolute Gasteiger partial charge is 0.227 e. The van der Waals surface area contributed by atoms with Gasteiger partial charge in [-0.2, -0.15) is 5.26 Å². The lowest BCUT2D eigenvalue weighted by molar-refractivity contribution is 0.271. The van der Waals surface area contributed by atoms with Crippen LogP contribution >= 0.6 is 11.6 Å². The van der Waals surface area contributed by atoms with Gasteiger partial charge in [-0.1, -0.05) is 32.4 Å². The lowest BCUT2D eigenvalue weighted by Gasteiger charge is -2.36. The van der Waals surface area contributed by atoms with Gasteiger partial charge in [0.1, 0.15) is 11.8 Å². The van der Waals surface area contributed by atoms with Crippen molar-refractivity contribution in [2.45, 2.75) is 26.2 Å². The molecule has 1 fully saturated rings. The summed E-state index contributed by atoms with van der Waals surface area (Å²) in [6, 6.07) is 12.0. The van der Waals surface area contributed by atoms with Crippen molar-refractivity contribution in [2.24, 2.45) is 0 Å². The molecule has 0 bridgehead atoms. The van der Waals surface area contributed by atoms with Crippen LogP contribution in [-0.4, -0.2) is 61.2 Å². The highest BCUT2D eigenvalue weighted by Crippen LogP contribution is 2.41. The Balaban J connectivity index is 1.43. The molecule has 2 aliphatic heterocycles. The molecule has 3 aromatic rings. The zero-order chi connectivity index (χ0) is 26.2. The van der Waals surface area contributed by atoms with Gasteiger partial charge in [-0.25, -0.2) is 9.97 Å². The van der Waals surface area contributed by atoms with E-state index >= 15 is 0 Å². The molecule has 2 N–H and O–H groups in total. The van der Waals surface area contributed by atoms with Gasteiger partial charge in [0.25, 0.3) is 0 Å². The lowest BCUT2D eigenvalue weighted by Crippen LogP contribution is -2.46. The molecule has 0 saturated carbocycles. The van der Waals surface area contributed by atoms with E-state index in [0.717, 1.165) is 67.5 Å². The summed E-state index contributed by atoms with van der Waals surface area (Å²) in [5.74, 6) is 1.09. The highest BCUT2D eigenvalue weighted by atomic mass is 35.5. The number of anilines is 4. The number of nitrogens with zero attached hydrogens (tertiary/aromatic N) is 5. The molecule has 3 heterocycles. The first-order valence-electron chi connectivity index (χ1n) is 12.6. The second-order valence-electron chi connectivity index (χ2n) is 10.1. The van der Waals surface area contributed by atoms with E-state index in [1.54, 1.807) is 13.3 Å². The molecule has 0 amide bonds. The van der Waals surface area contributed by atoms with Crippen molar-refractivity contribution < 1.29 is 4.74 Å². The van der Waals surface area contributed by atoms with Crippen LogP contribution in [0.4, 0.5) is 23.0 Å². The molecule has 0 radical (unpaired) electrons. The molecule has 0 unspecified atom stereocenters. The molecule has 0 aliphatic carbocycles. The third-order valence-corrected chi connectivity index (χ3v) is 7.62. The number of rotatable bonds is 6. The molecule has 9 heteroatoms. The van der Waals surface area contributed by atoms with Gasteiger partial charge in [0.2, 0.25) is 5.95 Å². The van der Waals surface area contributed by atoms with E-state index in [9.17, 15) is 5.26 Å². The first-order chi connectivity index (χ1) is 17.8. The Labute approximate surface area is 223 Å². The number of hydrogen-bond donors (Lipinski definition) is 2. The quantitative estimate of drug-likeness (QED) is 0.457.